The minimum absolute atomic E-state index is 0.0327. The van der Waals surface area contributed by atoms with E-state index in [0.717, 1.165) is 24.8 Å². The molecule has 0 aliphatic heterocycles. The molecule has 0 heterocycles. The number of carbonyl (C=O) groups excluding carboxylic acids is 1. The Kier molecular flexibility index (Phi) is 6.76. The zero-order valence-electron chi connectivity index (χ0n) is 10.2. The minimum Gasteiger partial charge on any atom is -0.508 e. The average molecular weight is 210 g/mol. The van der Waals surface area contributed by atoms with Crippen molar-refractivity contribution in [2.24, 2.45) is 5.92 Å². The van der Waals surface area contributed by atoms with Crippen LogP contribution in [0.25, 0.3) is 0 Å². The fraction of sp³-hybridized carbons (Fsp3) is 0.615. The van der Waals surface area contributed by atoms with Gasteiger partial charge >= 0.3 is 0 Å². The molecule has 0 saturated heterocycles. The summed E-state index contributed by atoms with van der Waals surface area (Å²) in [6.45, 7) is 7.81. The van der Waals surface area contributed by atoms with Crippen molar-refractivity contribution in [3.05, 3.63) is 23.5 Å². The van der Waals surface area contributed by atoms with Gasteiger partial charge in [-0.05, 0) is 31.8 Å². The molecule has 0 spiro atoms. The maximum atomic E-state index is 11.7. The van der Waals surface area contributed by atoms with Gasteiger partial charge in [-0.3, -0.25) is 4.79 Å². The van der Waals surface area contributed by atoms with Crippen molar-refractivity contribution in [2.45, 2.75) is 47.0 Å². The minimum atomic E-state index is 0.0327. The molecule has 86 valence electrons. The Hall–Kier alpha value is -1.05. The van der Waals surface area contributed by atoms with Gasteiger partial charge in [-0.15, -0.1) is 0 Å². The maximum absolute atomic E-state index is 11.7. The third kappa shape index (κ3) is 4.32. The zero-order chi connectivity index (χ0) is 11.8. The van der Waals surface area contributed by atoms with Gasteiger partial charge in [0.15, 0.2) is 5.78 Å². The Bertz CT molecular complexity index is 258. The fourth-order valence-electron chi connectivity index (χ4n) is 1.57. The molecule has 0 aliphatic carbocycles. The molecule has 0 aromatic rings. The van der Waals surface area contributed by atoms with Gasteiger partial charge in [0.2, 0.25) is 0 Å². The highest BCUT2D eigenvalue weighted by Gasteiger charge is 2.13. The molecule has 0 amide bonds. The first-order chi connectivity index (χ1) is 7.10. The molecular weight excluding hydrogens is 188 g/mol. The van der Waals surface area contributed by atoms with Crippen LogP contribution in [0.5, 0.6) is 0 Å². The van der Waals surface area contributed by atoms with E-state index in [0.29, 0.717) is 0 Å². The standard InChI is InChI=1S/C13H22O2/c1-5-10(6-2)12(14)9-13(15)11(7-3)8-4/h5,9,11,14H,6-8H2,1-4H3/b10-5+,12-9-. The number of aliphatic hydroxyl groups excluding tert-OH is 1. The van der Waals surface area contributed by atoms with E-state index < -0.39 is 0 Å². The summed E-state index contributed by atoms with van der Waals surface area (Å²) in [5, 5.41) is 9.69. The fourth-order valence-corrected chi connectivity index (χ4v) is 1.57. The van der Waals surface area contributed by atoms with Crippen molar-refractivity contribution in [1.82, 2.24) is 0 Å². The van der Waals surface area contributed by atoms with E-state index in [4.69, 9.17) is 0 Å². The first-order valence-electron chi connectivity index (χ1n) is 5.70. The Balaban J connectivity index is 4.67. The first-order valence-corrected chi connectivity index (χ1v) is 5.70. The highest BCUT2D eigenvalue weighted by Crippen LogP contribution is 2.15. The van der Waals surface area contributed by atoms with E-state index >= 15 is 0 Å². The van der Waals surface area contributed by atoms with E-state index in [1.807, 2.05) is 33.8 Å². The summed E-state index contributed by atoms with van der Waals surface area (Å²) >= 11 is 0. The van der Waals surface area contributed by atoms with Gasteiger partial charge < -0.3 is 5.11 Å². The van der Waals surface area contributed by atoms with Crippen molar-refractivity contribution in [3.63, 3.8) is 0 Å². The first kappa shape index (κ1) is 13.9. The van der Waals surface area contributed by atoms with Crippen molar-refractivity contribution < 1.29 is 9.90 Å². The number of allylic oxidation sites excluding steroid dienone is 3. The predicted octanol–water partition coefficient (Wildman–Crippen LogP) is 3.79. The molecule has 0 radical (unpaired) electrons. The Labute approximate surface area is 92.7 Å². The van der Waals surface area contributed by atoms with Crippen molar-refractivity contribution in [3.8, 4) is 0 Å². The van der Waals surface area contributed by atoms with Crippen molar-refractivity contribution in [1.29, 1.82) is 0 Å². The molecule has 0 aromatic heterocycles. The van der Waals surface area contributed by atoms with Gasteiger partial charge in [0.25, 0.3) is 0 Å². The molecule has 1 N–H and O–H groups in total. The van der Waals surface area contributed by atoms with E-state index in [9.17, 15) is 9.90 Å². The number of carbonyl (C=O) groups is 1. The van der Waals surface area contributed by atoms with Gasteiger partial charge in [-0.2, -0.15) is 0 Å². The molecule has 0 bridgehead atoms. The van der Waals surface area contributed by atoms with Gasteiger partial charge in [0, 0.05) is 12.0 Å². The third-order valence-electron chi connectivity index (χ3n) is 2.73. The number of ketones is 1. The number of hydrogen-bond donors (Lipinski definition) is 1. The van der Waals surface area contributed by atoms with E-state index in [-0.39, 0.29) is 17.5 Å². The topological polar surface area (TPSA) is 37.3 Å². The van der Waals surface area contributed by atoms with Crippen LogP contribution in [0.4, 0.5) is 0 Å². The summed E-state index contributed by atoms with van der Waals surface area (Å²) in [5.41, 5.74) is 0.828. The molecule has 0 unspecified atom stereocenters. The summed E-state index contributed by atoms with van der Waals surface area (Å²) in [4.78, 5) is 11.7. The third-order valence-corrected chi connectivity index (χ3v) is 2.73. The molecular formula is C13H22O2. The van der Waals surface area contributed by atoms with Gasteiger partial charge in [-0.1, -0.05) is 26.8 Å². The van der Waals surface area contributed by atoms with Gasteiger partial charge in [-0.25, -0.2) is 0 Å². The van der Waals surface area contributed by atoms with Crippen LogP contribution >= 0.6 is 0 Å². The molecule has 2 nitrogen and oxygen atoms in total. The zero-order valence-corrected chi connectivity index (χ0v) is 10.2. The van der Waals surface area contributed by atoms with E-state index in [2.05, 4.69) is 0 Å². The summed E-state index contributed by atoms with van der Waals surface area (Å²) in [6.07, 6.45) is 5.62. The summed E-state index contributed by atoms with van der Waals surface area (Å²) in [7, 11) is 0. The molecule has 0 saturated carbocycles. The lowest BCUT2D eigenvalue weighted by atomic mass is 9.96. The van der Waals surface area contributed by atoms with Crippen molar-refractivity contribution in [2.75, 3.05) is 0 Å². The molecule has 15 heavy (non-hydrogen) atoms. The lowest BCUT2D eigenvalue weighted by Gasteiger charge is -2.08. The van der Waals surface area contributed by atoms with Crippen LogP contribution in [-0.4, -0.2) is 10.9 Å². The highest BCUT2D eigenvalue weighted by molar-refractivity contribution is 5.92. The highest BCUT2D eigenvalue weighted by atomic mass is 16.3. The average Bonchev–Trinajstić information content (AvgIpc) is 2.21. The van der Waals surface area contributed by atoms with Crippen LogP contribution in [0.1, 0.15) is 47.0 Å². The number of hydrogen-bond acceptors (Lipinski definition) is 2. The Morgan fingerprint density at radius 1 is 1.27 bits per heavy atom. The smallest absolute Gasteiger partial charge is 0.162 e. The van der Waals surface area contributed by atoms with Gasteiger partial charge in [0.1, 0.15) is 5.76 Å². The van der Waals surface area contributed by atoms with Gasteiger partial charge in [0.05, 0.1) is 0 Å². The second-order valence-electron chi connectivity index (χ2n) is 3.61. The molecule has 0 aliphatic rings. The number of rotatable bonds is 6. The molecule has 0 atom stereocenters. The van der Waals surface area contributed by atoms with Crippen LogP contribution in [-0.2, 0) is 4.79 Å². The van der Waals surface area contributed by atoms with E-state index in [1.165, 1.54) is 6.08 Å². The number of aliphatic hydroxyl groups is 1. The van der Waals surface area contributed by atoms with Crippen LogP contribution in [0.15, 0.2) is 23.5 Å². The summed E-state index contributed by atoms with van der Waals surface area (Å²) < 4.78 is 0. The molecule has 0 fully saturated rings. The molecule has 0 aromatic carbocycles. The normalized spacial score (nSPS) is 13.4. The largest absolute Gasteiger partial charge is 0.508 e. The second kappa shape index (κ2) is 7.27. The predicted molar refractivity (Wildman–Crippen MR) is 63.8 cm³/mol. The van der Waals surface area contributed by atoms with Crippen molar-refractivity contribution >= 4 is 5.78 Å². The molecule has 2 heteroatoms. The monoisotopic (exact) mass is 210 g/mol. The van der Waals surface area contributed by atoms with Crippen LogP contribution in [0, 0.1) is 5.92 Å². The van der Waals surface area contributed by atoms with Crippen LogP contribution in [0.2, 0.25) is 0 Å². The Morgan fingerprint density at radius 3 is 2.13 bits per heavy atom. The quantitative estimate of drug-likeness (QED) is 0.411. The Morgan fingerprint density at radius 2 is 1.80 bits per heavy atom. The second-order valence-corrected chi connectivity index (χ2v) is 3.61. The van der Waals surface area contributed by atoms with Crippen LogP contribution < -0.4 is 0 Å². The SMILES string of the molecule is C/C=C(CC)/C(O)=C/C(=O)C(CC)CC. The lowest BCUT2D eigenvalue weighted by molar-refractivity contribution is -0.118. The molecule has 0 rings (SSSR count). The lowest BCUT2D eigenvalue weighted by Crippen LogP contribution is -2.10. The summed E-state index contributed by atoms with van der Waals surface area (Å²) in [5.74, 6) is 0.198. The van der Waals surface area contributed by atoms with Crippen LogP contribution in [0.3, 0.4) is 0 Å². The maximum Gasteiger partial charge on any atom is 0.162 e. The van der Waals surface area contributed by atoms with E-state index in [1.54, 1.807) is 0 Å². The summed E-state index contributed by atoms with van der Waals surface area (Å²) in [6, 6.07) is 0.